The molecule has 0 heterocycles. The summed E-state index contributed by atoms with van der Waals surface area (Å²) in [6.45, 7) is 4.56. The quantitative estimate of drug-likeness (QED) is 0.337. The lowest BCUT2D eigenvalue weighted by Gasteiger charge is -2.14. The number of hydrogen-bond acceptors (Lipinski definition) is 0. The van der Waals surface area contributed by atoms with Crippen LogP contribution in [0.5, 0.6) is 0 Å². The van der Waals surface area contributed by atoms with Gasteiger partial charge in [-0.2, -0.15) is 0 Å². The molecule has 0 nitrogen and oxygen atoms in total. The molecule has 0 N–H and O–H groups in total. The summed E-state index contributed by atoms with van der Waals surface area (Å²) in [5.74, 6) is 0.521. The molecule has 128 valence electrons. The van der Waals surface area contributed by atoms with Gasteiger partial charge in [0.2, 0.25) is 0 Å². The number of allylic oxidation sites excluding steroid dienone is 2. The van der Waals surface area contributed by atoms with Gasteiger partial charge < -0.3 is 0 Å². The zero-order valence-corrected chi connectivity index (χ0v) is 15.4. The Morgan fingerprint density at radius 1 is 0.769 bits per heavy atom. The van der Waals surface area contributed by atoms with E-state index < -0.39 is 0 Å². The highest BCUT2D eigenvalue weighted by atomic mass is 14.1. The van der Waals surface area contributed by atoms with Crippen LogP contribution in [0.2, 0.25) is 0 Å². The third-order valence-electron chi connectivity index (χ3n) is 5.31. The largest absolute Gasteiger partial charge is 0.0804 e. The van der Waals surface area contributed by atoms with Crippen LogP contribution in [0.1, 0.15) is 37.3 Å². The first-order chi connectivity index (χ1) is 12.7. The molecule has 0 fully saturated rings. The fraction of sp³-hybridized carbons (Fsp3) is 0.154. The zero-order valence-electron chi connectivity index (χ0n) is 15.4. The first-order valence-corrected chi connectivity index (χ1v) is 9.36. The van der Waals surface area contributed by atoms with E-state index in [-0.39, 0.29) is 0 Å². The number of hydrogen-bond donors (Lipinski definition) is 0. The molecule has 0 heteroatoms. The highest BCUT2D eigenvalue weighted by molar-refractivity contribution is 6.08. The van der Waals surface area contributed by atoms with Gasteiger partial charge in [0, 0.05) is 0 Å². The number of fused-ring (bicyclic) bond motifs is 2. The first-order valence-electron chi connectivity index (χ1n) is 9.36. The second-order valence-electron chi connectivity index (χ2n) is 7.13. The molecule has 0 saturated carbocycles. The lowest BCUT2D eigenvalue weighted by Crippen LogP contribution is -1.92. The highest BCUT2D eigenvalue weighted by Crippen LogP contribution is 2.34. The van der Waals surface area contributed by atoms with Crippen LogP contribution in [-0.2, 0) is 0 Å². The molecule has 0 aliphatic heterocycles. The molecule has 4 rings (SSSR count). The van der Waals surface area contributed by atoms with Crippen LogP contribution in [0.3, 0.4) is 0 Å². The SMILES string of the molecule is CC(=CCC(C)c1ccccc1)c1c2ccccc2cc2ccccc12. The minimum Gasteiger partial charge on any atom is -0.0804 e. The van der Waals surface area contributed by atoms with E-state index in [9.17, 15) is 0 Å². The molecule has 0 aromatic heterocycles. The van der Waals surface area contributed by atoms with Crippen LogP contribution in [0.25, 0.3) is 27.1 Å². The average Bonchev–Trinajstić information content (AvgIpc) is 2.70. The van der Waals surface area contributed by atoms with E-state index >= 15 is 0 Å². The van der Waals surface area contributed by atoms with Crippen LogP contribution in [0.15, 0.2) is 91.0 Å². The van der Waals surface area contributed by atoms with Gasteiger partial charge in [-0.1, -0.05) is 91.9 Å². The summed E-state index contributed by atoms with van der Waals surface area (Å²) in [6.07, 6.45) is 3.46. The lowest BCUT2D eigenvalue weighted by atomic mass is 9.90. The van der Waals surface area contributed by atoms with Crippen LogP contribution >= 0.6 is 0 Å². The molecule has 4 aromatic carbocycles. The normalized spacial score (nSPS) is 13.2. The van der Waals surface area contributed by atoms with Gasteiger partial charge in [0.25, 0.3) is 0 Å². The van der Waals surface area contributed by atoms with Crippen LogP contribution in [0, 0.1) is 0 Å². The van der Waals surface area contributed by atoms with E-state index in [0.29, 0.717) is 5.92 Å². The van der Waals surface area contributed by atoms with E-state index in [0.717, 1.165) is 6.42 Å². The molecule has 26 heavy (non-hydrogen) atoms. The maximum absolute atomic E-state index is 2.41. The van der Waals surface area contributed by atoms with Crippen molar-refractivity contribution in [1.29, 1.82) is 0 Å². The summed E-state index contributed by atoms with van der Waals surface area (Å²) >= 11 is 0. The van der Waals surface area contributed by atoms with Crippen molar-refractivity contribution in [3.63, 3.8) is 0 Å². The third kappa shape index (κ3) is 3.15. The summed E-state index contributed by atoms with van der Waals surface area (Å²) in [7, 11) is 0. The zero-order chi connectivity index (χ0) is 17.9. The van der Waals surface area contributed by atoms with Crippen molar-refractivity contribution in [1.82, 2.24) is 0 Å². The van der Waals surface area contributed by atoms with Gasteiger partial charge in [0.1, 0.15) is 0 Å². The predicted octanol–water partition coefficient (Wildman–Crippen LogP) is 7.59. The summed E-state index contributed by atoms with van der Waals surface area (Å²) in [4.78, 5) is 0. The summed E-state index contributed by atoms with van der Waals surface area (Å²) in [5, 5.41) is 5.30. The Bertz CT molecular complexity index is 1020. The smallest absolute Gasteiger partial charge is 0.00733 e. The maximum atomic E-state index is 2.41. The van der Waals surface area contributed by atoms with Crippen molar-refractivity contribution in [2.75, 3.05) is 0 Å². The average molecular weight is 336 g/mol. The van der Waals surface area contributed by atoms with Gasteiger partial charge in [0.15, 0.2) is 0 Å². The second kappa shape index (κ2) is 7.17. The third-order valence-corrected chi connectivity index (χ3v) is 5.31. The summed E-state index contributed by atoms with van der Waals surface area (Å²) in [5.41, 5.74) is 4.14. The van der Waals surface area contributed by atoms with E-state index in [1.54, 1.807) is 0 Å². The molecule has 0 aliphatic carbocycles. The second-order valence-corrected chi connectivity index (χ2v) is 7.13. The van der Waals surface area contributed by atoms with Gasteiger partial charge in [-0.05, 0) is 63.6 Å². The Balaban J connectivity index is 1.79. The van der Waals surface area contributed by atoms with Crippen molar-refractivity contribution in [2.24, 2.45) is 0 Å². The Labute approximate surface area is 155 Å². The topological polar surface area (TPSA) is 0 Å². The van der Waals surface area contributed by atoms with Gasteiger partial charge in [-0.15, -0.1) is 0 Å². The monoisotopic (exact) mass is 336 g/mol. The van der Waals surface area contributed by atoms with Gasteiger partial charge in [0.05, 0.1) is 0 Å². The number of benzene rings is 4. The van der Waals surface area contributed by atoms with E-state index in [2.05, 4.69) is 105 Å². The molecule has 1 unspecified atom stereocenters. The molecule has 0 aliphatic rings. The van der Waals surface area contributed by atoms with Crippen molar-refractivity contribution in [3.8, 4) is 0 Å². The van der Waals surface area contributed by atoms with Crippen LogP contribution in [-0.4, -0.2) is 0 Å². The Morgan fingerprint density at radius 2 is 1.31 bits per heavy atom. The summed E-state index contributed by atoms with van der Waals surface area (Å²) in [6, 6.07) is 30.5. The van der Waals surface area contributed by atoms with Crippen molar-refractivity contribution in [2.45, 2.75) is 26.2 Å². The van der Waals surface area contributed by atoms with Crippen molar-refractivity contribution >= 4 is 27.1 Å². The van der Waals surface area contributed by atoms with Crippen LogP contribution < -0.4 is 0 Å². The molecular weight excluding hydrogens is 312 g/mol. The molecule has 4 aromatic rings. The Kier molecular flexibility index (Phi) is 4.58. The van der Waals surface area contributed by atoms with Gasteiger partial charge in [-0.3, -0.25) is 0 Å². The Morgan fingerprint density at radius 3 is 1.92 bits per heavy atom. The minimum atomic E-state index is 0.521. The fourth-order valence-corrected chi connectivity index (χ4v) is 3.81. The molecule has 0 spiro atoms. The number of rotatable bonds is 4. The van der Waals surface area contributed by atoms with Crippen LogP contribution in [0.4, 0.5) is 0 Å². The first kappa shape index (κ1) is 16.6. The standard InChI is InChI=1S/C26H24/c1-19(21-10-4-3-5-11-21)16-17-20(2)26-24-14-8-6-12-22(24)18-23-13-7-9-15-25(23)26/h3-15,17-19H,16H2,1-2H3. The van der Waals surface area contributed by atoms with E-state index in [1.807, 2.05) is 0 Å². The van der Waals surface area contributed by atoms with Crippen molar-refractivity contribution < 1.29 is 0 Å². The van der Waals surface area contributed by atoms with Gasteiger partial charge in [-0.25, -0.2) is 0 Å². The molecule has 0 amide bonds. The van der Waals surface area contributed by atoms with Crippen molar-refractivity contribution in [3.05, 3.63) is 102 Å². The lowest BCUT2D eigenvalue weighted by molar-refractivity contribution is 0.781. The molecule has 0 bridgehead atoms. The minimum absolute atomic E-state index is 0.521. The van der Waals surface area contributed by atoms with Gasteiger partial charge >= 0.3 is 0 Å². The van der Waals surface area contributed by atoms with E-state index in [4.69, 9.17) is 0 Å². The molecule has 0 saturated heterocycles. The predicted molar refractivity (Wildman–Crippen MR) is 115 cm³/mol. The molecular formula is C26H24. The molecule has 0 radical (unpaired) electrons. The van der Waals surface area contributed by atoms with E-state index in [1.165, 1.54) is 38.2 Å². The Hall–Kier alpha value is -2.86. The molecule has 1 atom stereocenters. The maximum Gasteiger partial charge on any atom is -0.00733 e. The fourth-order valence-electron chi connectivity index (χ4n) is 3.81. The summed E-state index contributed by atoms with van der Waals surface area (Å²) < 4.78 is 0. The highest BCUT2D eigenvalue weighted by Gasteiger charge is 2.10.